The van der Waals surface area contributed by atoms with Crippen molar-refractivity contribution in [2.75, 3.05) is 33.4 Å². The highest BCUT2D eigenvalue weighted by Crippen LogP contribution is 2.25. The fourth-order valence-corrected chi connectivity index (χ4v) is 2.72. The maximum absolute atomic E-state index is 12.0. The molecule has 5 nitrogen and oxygen atoms in total. The molecule has 0 aliphatic carbocycles. The number of nitrogens with one attached hydrogen (secondary N) is 1. The highest BCUT2D eigenvalue weighted by Gasteiger charge is 2.20. The van der Waals surface area contributed by atoms with Gasteiger partial charge in [-0.2, -0.15) is 0 Å². The van der Waals surface area contributed by atoms with E-state index >= 15 is 0 Å². The largest absolute Gasteiger partial charge is 0.493 e. The SMILES string of the molecule is COc1ccccc1OCCNC(=O)CN1CCCC[C@@H]1C. The van der Waals surface area contributed by atoms with Crippen LogP contribution < -0.4 is 14.8 Å². The van der Waals surface area contributed by atoms with Gasteiger partial charge in [0.15, 0.2) is 11.5 Å². The molecule has 122 valence electrons. The Kier molecular flexibility index (Phi) is 6.52. The van der Waals surface area contributed by atoms with Crippen molar-refractivity contribution in [3.63, 3.8) is 0 Å². The number of hydrogen-bond acceptors (Lipinski definition) is 4. The monoisotopic (exact) mass is 306 g/mol. The summed E-state index contributed by atoms with van der Waals surface area (Å²) in [4.78, 5) is 14.2. The molecule has 22 heavy (non-hydrogen) atoms. The molecule has 1 heterocycles. The van der Waals surface area contributed by atoms with Crippen LogP contribution in [0.1, 0.15) is 26.2 Å². The van der Waals surface area contributed by atoms with Crippen LogP contribution in [0.2, 0.25) is 0 Å². The first-order valence-corrected chi connectivity index (χ1v) is 7.97. The summed E-state index contributed by atoms with van der Waals surface area (Å²) in [6.45, 7) is 4.63. The van der Waals surface area contributed by atoms with Crippen molar-refractivity contribution in [3.05, 3.63) is 24.3 Å². The molecule has 2 rings (SSSR count). The molecule has 0 bridgehead atoms. The lowest BCUT2D eigenvalue weighted by Crippen LogP contribution is -2.44. The Labute approximate surface area is 132 Å². The van der Waals surface area contributed by atoms with E-state index < -0.39 is 0 Å². The van der Waals surface area contributed by atoms with Crippen molar-refractivity contribution in [3.8, 4) is 11.5 Å². The van der Waals surface area contributed by atoms with E-state index in [0.717, 1.165) is 6.54 Å². The number of piperidine rings is 1. The topological polar surface area (TPSA) is 50.8 Å². The molecule has 5 heteroatoms. The normalized spacial score (nSPS) is 18.7. The molecule has 1 N–H and O–H groups in total. The van der Waals surface area contributed by atoms with Crippen LogP contribution >= 0.6 is 0 Å². The standard InChI is InChI=1S/C17H26N2O3/c1-14-7-5-6-11-19(14)13-17(20)18-10-12-22-16-9-4-3-8-15(16)21-2/h3-4,8-9,14H,5-7,10-13H2,1-2H3,(H,18,20)/t14-/m0/s1. The number of nitrogens with zero attached hydrogens (tertiary/aromatic N) is 1. The second-order valence-corrected chi connectivity index (χ2v) is 5.66. The highest BCUT2D eigenvalue weighted by atomic mass is 16.5. The summed E-state index contributed by atoms with van der Waals surface area (Å²) in [6.07, 6.45) is 3.64. The van der Waals surface area contributed by atoms with Crippen LogP contribution in [0.3, 0.4) is 0 Å². The molecule has 1 aromatic carbocycles. The lowest BCUT2D eigenvalue weighted by molar-refractivity contribution is -0.123. The number of carbonyl (C=O) groups excluding carboxylic acids is 1. The lowest BCUT2D eigenvalue weighted by Gasteiger charge is -2.32. The number of carbonyl (C=O) groups is 1. The van der Waals surface area contributed by atoms with Gasteiger partial charge in [-0.1, -0.05) is 18.6 Å². The van der Waals surface area contributed by atoms with Gasteiger partial charge in [0.1, 0.15) is 6.61 Å². The molecule has 1 atom stereocenters. The number of para-hydroxylation sites is 2. The first-order valence-electron chi connectivity index (χ1n) is 7.97. The first kappa shape index (κ1) is 16.6. The maximum Gasteiger partial charge on any atom is 0.234 e. The molecule has 1 aliphatic rings. The molecule has 0 radical (unpaired) electrons. The van der Waals surface area contributed by atoms with Crippen molar-refractivity contribution in [2.45, 2.75) is 32.2 Å². The van der Waals surface area contributed by atoms with E-state index in [-0.39, 0.29) is 5.91 Å². The second kappa shape index (κ2) is 8.63. The molecule has 1 saturated heterocycles. The van der Waals surface area contributed by atoms with Gasteiger partial charge in [-0.05, 0) is 38.4 Å². The van der Waals surface area contributed by atoms with Crippen molar-refractivity contribution < 1.29 is 14.3 Å². The van der Waals surface area contributed by atoms with Crippen LogP contribution in [0, 0.1) is 0 Å². The molecule has 1 amide bonds. The van der Waals surface area contributed by atoms with Crippen molar-refractivity contribution in [2.24, 2.45) is 0 Å². The third-order valence-electron chi connectivity index (χ3n) is 4.04. The van der Waals surface area contributed by atoms with Crippen molar-refractivity contribution in [1.29, 1.82) is 0 Å². The zero-order valence-electron chi connectivity index (χ0n) is 13.5. The zero-order chi connectivity index (χ0) is 15.8. The molecule has 0 saturated carbocycles. The average Bonchev–Trinajstić information content (AvgIpc) is 2.54. The van der Waals surface area contributed by atoms with Crippen molar-refractivity contribution in [1.82, 2.24) is 10.2 Å². The van der Waals surface area contributed by atoms with E-state index in [1.807, 2.05) is 24.3 Å². The fraction of sp³-hybridized carbons (Fsp3) is 0.588. The van der Waals surface area contributed by atoms with E-state index in [0.29, 0.717) is 37.2 Å². The van der Waals surface area contributed by atoms with Crippen LogP contribution in [0.25, 0.3) is 0 Å². The third-order valence-corrected chi connectivity index (χ3v) is 4.04. The summed E-state index contributed by atoms with van der Waals surface area (Å²) >= 11 is 0. The Hall–Kier alpha value is -1.75. The summed E-state index contributed by atoms with van der Waals surface area (Å²) in [7, 11) is 1.61. The zero-order valence-corrected chi connectivity index (χ0v) is 13.5. The van der Waals surface area contributed by atoms with E-state index in [1.165, 1.54) is 19.3 Å². The minimum Gasteiger partial charge on any atom is -0.493 e. The number of likely N-dealkylation sites (tertiary alicyclic amines) is 1. The van der Waals surface area contributed by atoms with Crippen LogP contribution in [-0.4, -0.2) is 50.2 Å². The highest BCUT2D eigenvalue weighted by molar-refractivity contribution is 5.78. The van der Waals surface area contributed by atoms with Crippen LogP contribution in [-0.2, 0) is 4.79 Å². The number of amides is 1. The van der Waals surface area contributed by atoms with Gasteiger partial charge in [0.05, 0.1) is 20.2 Å². The summed E-state index contributed by atoms with van der Waals surface area (Å²) < 4.78 is 10.9. The van der Waals surface area contributed by atoms with E-state index in [2.05, 4.69) is 17.1 Å². The Morgan fingerprint density at radius 1 is 1.32 bits per heavy atom. The van der Waals surface area contributed by atoms with Gasteiger partial charge in [0.2, 0.25) is 5.91 Å². The molecule has 0 unspecified atom stereocenters. The quantitative estimate of drug-likeness (QED) is 0.784. The van der Waals surface area contributed by atoms with Gasteiger partial charge in [-0.15, -0.1) is 0 Å². The molecular formula is C17H26N2O3. The number of hydrogen-bond donors (Lipinski definition) is 1. The lowest BCUT2D eigenvalue weighted by atomic mass is 10.0. The Morgan fingerprint density at radius 3 is 2.82 bits per heavy atom. The fourth-order valence-electron chi connectivity index (χ4n) is 2.72. The number of benzene rings is 1. The summed E-state index contributed by atoms with van der Waals surface area (Å²) in [5.74, 6) is 1.47. The smallest absolute Gasteiger partial charge is 0.234 e. The molecule has 1 aliphatic heterocycles. The maximum atomic E-state index is 12.0. The second-order valence-electron chi connectivity index (χ2n) is 5.66. The molecule has 0 aromatic heterocycles. The van der Waals surface area contributed by atoms with E-state index in [1.54, 1.807) is 7.11 Å². The summed E-state index contributed by atoms with van der Waals surface area (Å²) in [5.41, 5.74) is 0. The minimum absolute atomic E-state index is 0.0670. The summed E-state index contributed by atoms with van der Waals surface area (Å²) in [5, 5.41) is 2.91. The third kappa shape index (κ3) is 4.91. The van der Waals surface area contributed by atoms with Crippen LogP contribution in [0.5, 0.6) is 11.5 Å². The summed E-state index contributed by atoms with van der Waals surface area (Å²) in [6, 6.07) is 8.01. The molecule has 0 spiro atoms. The Morgan fingerprint density at radius 2 is 2.09 bits per heavy atom. The predicted molar refractivity (Wildman–Crippen MR) is 86.4 cm³/mol. The minimum atomic E-state index is 0.0670. The number of ether oxygens (including phenoxy) is 2. The van der Waals surface area contributed by atoms with Crippen LogP contribution in [0.4, 0.5) is 0 Å². The molecule has 1 fully saturated rings. The van der Waals surface area contributed by atoms with Gasteiger partial charge < -0.3 is 14.8 Å². The van der Waals surface area contributed by atoms with Crippen LogP contribution in [0.15, 0.2) is 24.3 Å². The molecular weight excluding hydrogens is 280 g/mol. The van der Waals surface area contributed by atoms with E-state index in [4.69, 9.17) is 9.47 Å². The van der Waals surface area contributed by atoms with Gasteiger partial charge in [0.25, 0.3) is 0 Å². The van der Waals surface area contributed by atoms with Gasteiger partial charge >= 0.3 is 0 Å². The van der Waals surface area contributed by atoms with Gasteiger partial charge in [0, 0.05) is 6.04 Å². The van der Waals surface area contributed by atoms with E-state index in [9.17, 15) is 4.79 Å². The average molecular weight is 306 g/mol. The van der Waals surface area contributed by atoms with Gasteiger partial charge in [-0.25, -0.2) is 0 Å². The molecule has 1 aromatic rings. The first-order chi connectivity index (χ1) is 10.7. The Balaban J connectivity index is 1.66. The number of methoxy groups -OCH3 is 1. The number of rotatable bonds is 7. The Bertz CT molecular complexity index is 479. The van der Waals surface area contributed by atoms with Crippen molar-refractivity contribution >= 4 is 5.91 Å². The van der Waals surface area contributed by atoms with Gasteiger partial charge in [-0.3, -0.25) is 9.69 Å². The predicted octanol–water partition coefficient (Wildman–Crippen LogP) is 2.06.